The first-order valence-electron chi connectivity index (χ1n) is 9.19. The topological polar surface area (TPSA) is 95.9 Å². The Morgan fingerprint density at radius 2 is 2.14 bits per heavy atom. The quantitative estimate of drug-likeness (QED) is 0.314. The van der Waals surface area contributed by atoms with Crippen LogP contribution in [0.5, 0.6) is 0 Å². The summed E-state index contributed by atoms with van der Waals surface area (Å²) in [6.07, 6.45) is 6.22. The van der Waals surface area contributed by atoms with Gasteiger partial charge in [0, 0.05) is 52.5 Å². The van der Waals surface area contributed by atoms with Crippen LogP contribution in [0.1, 0.15) is 5.82 Å². The number of aromatic nitrogens is 5. The summed E-state index contributed by atoms with van der Waals surface area (Å²) in [5.41, 5.74) is 1.66. The van der Waals surface area contributed by atoms with Gasteiger partial charge in [0.2, 0.25) is 5.91 Å². The molecule has 0 aliphatic carbocycles. The minimum Gasteiger partial charge on any atom is -0.356 e. The van der Waals surface area contributed by atoms with Gasteiger partial charge < -0.3 is 15.1 Å². The predicted octanol–water partition coefficient (Wildman–Crippen LogP) is 0.547. The minimum atomic E-state index is 0. The van der Waals surface area contributed by atoms with Crippen LogP contribution in [-0.2, 0) is 18.3 Å². The molecule has 4 rings (SSSR count). The van der Waals surface area contributed by atoms with Gasteiger partial charge in [-0.1, -0.05) is 6.07 Å². The Hall–Kier alpha value is -2.70. The molecule has 0 spiro atoms. The predicted molar refractivity (Wildman–Crippen MR) is 121 cm³/mol. The summed E-state index contributed by atoms with van der Waals surface area (Å²) in [6.45, 7) is 2.23. The smallest absolute Gasteiger partial charge is 0.246 e. The fourth-order valence-electron chi connectivity index (χ4n) is 3.35. The molecule has 4 heterocycles. The van der Waals surface area contributed by atoms with E-state index in [1.165, 1.54) is 0 Å². The number of aliphatic imine (C=N–C) groups is 1. The number of aryl methyl sites for hydroxylation is 1. The number of halogens is 1. The van der Waals surface area contributed by atoms with Crippen molar-refractivity contribution in [2.24, 2.45) is 12.0 Å². The van der Waals surface area contributed by atoms with Crippen molar-refractivity contribution in [2.45, 2.75) is 6.42 Å². The molecule has 0 unspecified atom stereocenters. The van der Waals surface area contributed by atoms with Crippen LogP contribution in [0.25, 0.3) is 5.65 Å². The van der Waals surface area contributed by atoms with Crippen LogP contribution in [0.3, 0.4) is 0 Å². The molecule has 1 fully saturated rings. The Kier molecular flexibility index (Phi) is 6.67. The van der Waals surface area contributed by atoms with E-state index >= 15 is 0 Å². The lowest BCUT2D eigenvalue weighted by atomic mass is 10.3. The second-order valence-electron chi connectivity index (χ2n) is 6.61. The number of carbonyl (C=O) groups excluding carboxylic acids is 1. The fourth-order valence-corrected chi connectivity index (χ4v) is 3.35. The molecule has 0 saturated carbocycles. The largest absolute Gasteiger partial charge is 0.356 e. The van der Waals surface area contributed by atoms with Crippen molar-refractivity contribution in [3.63, 3.8) is 0 Å². The number of hydrogen-bond acceptors (Lipinski definition) is 5. The zero-order chi connectivity index (χ0) is 19.5. The Bertz CT molecular complexity index is 1010. The lowest BCUT2D eigenvalue weighted by Gasteiger charge is -2.35. The number of guanidine groups is 1. The second-order valence-corrected chi connectivity index (χ2v) is 6.61. The van der Waals surface area contributed by atoms with Crippen molar-refractivity contribution in [3.05, 3.63) is 42.6 Å². The van der Waals surface area contributed by atoms with Crippen LogP contribution in [0.2, 0.25) is 0 Å². The van der Waals surface area contributed by atoms with Crippen LogP contribution in [0.15, 0.2) is 41.8 Å². The first-order valence-corrected chi connectivity index (χ1v) is 9.19. The van der Waals surface area contributed by atoms with Gasteiger partial charge in [0.15, 0.2) is 11.6 Å². The van der Waals surface area contributed by atoms with Crippen molar-refractivity contribution in [2.75, 3.05) is 38.1 Å². The van der Waals surface area contributed by atoms with Gasteiger partial charge in [0.05, 0.1) is 11.9 Å². The van der Waals surface area contributed by atoms with Gasteiger partial charge >= 0.3 is 0 Å². The van der Waals surface area contributed by atoms with E-state index in [4.69, 9.17) is 0 Å². The first kappa shape index (κ1) is 21.0. The molecule has 0 radical (unpaired) electrons. The number of piperazine rings is 1. The van der Waals surface area contributed by atoms with Crippen LogP contribution in [-0.4, -0.2) is 74.4 Å². The zero-order valence-electron chi connectivity index (χ0n) is 16.4. The summed E-state index contributed by atoms with van der Waals surface area (Å²) in [5, 5.41) is 15.9. The van der Waals surface area contributed by atoms with Gasteiger partial charge in [0.1, 0.15) is 12.4 Å². The van der Waals surface area contributed by atoms with Crippen LogP contribution in [0.4, 0.5) is 5.69 Å². The normalized spacial score (nSPS) is 15.0. The highest BCUT2D eigenvalue weighted by molar-refractivity contribution is 14.0. The van der Waals surface area contributed by atoms with Crippen LogP contribution >= 0.6 is 24.0 Å². The number of carbonyl (C=O) groups is 1. The average Bonchev–Trinajstić information content (AvgIpc) is 3.31. The molecular formula is C18H24IN9O. The number of amides is 1. The molecular weight excluding hydrogens is 485 g/mol. The first-order chi connectivity index (χ1) is 13.7. The number of pyridine rings is 1. The molecule has 3 aromatic heterocycles. The van der Waals surface area contributed by atoms with Crippen molar-refractivity contribution < 1.29 is 4.79 Å². The third kappa shape index (κ3) is 4.49. The number of hydrogen-bond donors (Lipinski definition) is 1. The lowest BCUT2D eigenvalue weighted by Crippen LogP contribution is -2.55. The standard InChI is InChI=1S/C18H23N9O.HI/c1-19-18(20-7-6-16-23-22-15-5-3-4-8-27(15)16)25-9-10-26(17(28)13-25)14-11-21-24(2)12-14;/h3-5,8,11-12H,6-7,9-10,13H2,1-2H3,(H,19,20);1H. The molecule has 1 aliphatic rings. The summed E-state index contributed by atoms with van der Waals surface area (Å²) in [4.78, 5) is 20.6. The van der Waals surface area contributed by atoms with E-state index in [9.17, 15) is 4.79 Å². The number of nitrogens with one attached hydrogen (secondary N) is 1. The van der Waals surface area contributed by atoms with E-state index in [1.54, 1.807) is 22.8 Å². The summed E-state index contributed by atoms with van der Waals surface area (Å²) in [7, 11) is 3.57. The van der Waals surface area contributed by atoms with Gasteiger partial charge in [-0.2, -0.15) is 5.10 Å². The van der Waals surface area contributed by atoms with E-state index in [-0.39, 0.29) is 36.4 Å². The number of rotatable bonds is 4. The Morgan fingerprint density at radius 1 is 1.28 bits per heavy atom. The van der Waals surface area contributed by atoms with E-state index in [0.717, 1.165) is 17.2 Å². The molecule has 1 aliphatic heterocycles. The summed E-state index contributed by atoms with van der Waals surface area (Å²) >= 11 is 0. The highest BCUT2D eigenvalue weighted by Gasteiger charge is 2.27. The zero-order valence-corrected chi connectivity index (χ0v) is 18.7. The summed E-state index contributed by atoms with van der Waals surface area (Å²) in [6, 6.07) is 5.83. The average molecular weight is 509 g/mol. The fraction of sp³-hybridized carbons (Fsp3) is 0.389. The van der Waals surface area contributed by atoms with Crippen molar-refractivity contribution in [1.29, 1.82) is 0 Å². The van der Waals surface area contributed by atoms with E-state index in [2.05, 4.69) is 25.6 Å². The minimum absolute atomic E-state index is 0. The monoisotopic (exact) mass is 509 g/mol. The van der Waals surface area contributed by atoms with Gasteiger partial charge in [-0.15, -0.1) is 34.2 Å². The van der Waals surface area contributed by atoms with Crippen molar-refractivity contribution in [1.82, 2.24) is 34.6 Å². The highest BCUT2D eigenvalue weighted by atomic mass is 127. The van der Waals surface area contributed by atoms with Gasteiger partial charge in [-0.3, -0.25) is 18.9 Å². The third-order valence-electron chi connectivity index (χ3n) is 4.75. The molecule has 0 bridgehead atoms. The van der Waals surface area contributed by atoms with E-state index < -0.39 is 0 Å². The molecule has 3 aromatic rings. The number of anilines is 1. The third-order valence-corrected chi connectivity index (χ3v) is 4.75. The SMILES string of the molecule is CN=C(NCCc1nnc2ccccn12)N1CCN(c2cnn(C)c2)C(=O)C1.I. The Morgan fingerprint density at radius 3 is 2.86 bits per heavy atom. The van der Waals surface area contributed by atoms with Gasteiger partial charge in [-0.25, -0.2) is 0 Å². The van der Waals surface area contributed by atoms with Gasteiger partial charge in [-0.05, 0) is 12.1 Å². The maximum Gasteiger partial charge on any atom is 0.246 e. The lowest BCUT2D eigenvalue weighted by molar-refractivity contribution is -0.120. The molecule has 0 atom stereocenters. The molecule has 154 valence electrons. The molecule has 29 heavy (non-hydrogen) atoms. The Labute approximate surface area is 185 Å². The summed E-state index contributed by atoms with van der Waals surface area (Å²) in [5.74, 6) is 1.63. The maximum atomic E-state index is 12.6. The molecule has 1 amide bonds. The second kappa shape index (κ2) is 9.20. The van der Waals surface area contributed by atoms with Crippen LogP contribution in [0, 0.1) is 0 Å². The molecule has 1 N–H and O–H groups in total. The number of nitrogens with zero attached hydrogens (tertiary/aromatic N) is 8. The Balaban J connectivity index is 0.00000240. The van der Waals surface area contributed by atoms with Crippen molar-refractivity contribution >= 4 is 47.2 Å². The summed E-state index contributed by atoms with van der Waals surface area (Å²) < 4.78 is 3.67. The molecule has 11 heteroatoms. The van der Waals surface area contributed by atoms with Crippen molar-refractivity contribution in [3.8, 4) is 0 Å². The van der Waals surface area contributed by atoms with E-state index in [1.807, 2.05) is 46.9 Å². The highest BCUT2D eigenvalue weighted by Crippen LogP contribution is 2.16. The number of fused-ring (bicyclic) bond motifs is 1. The molecule has 0 aromatic carbocycles. The van der Waals surface area contributed by atoms with E-state index in [0.29, 0.717) is 32.0 Å². The maximum absolute atomic E-state index is 12.6. The molecule has 1 saturated heterocycles. The molecule has 10 nitrogen and oxygen atoms in total. The van der Waals surface area contributed by atoms with Gasteiger partial charge in [0.25, 0.3) is 0 Å². The van der Waals surface area contributed by atoms with Crippen LogP contribution < -0.4 is 10.2 Å².